The molecule has 98 valence electrons. The van der Waals surface area contributed by atoms with Gasteiger partial charge in [0.2, 0.25) is 5.91 Å². The fourth-order valence-electron chi connectivity index (χ4n) is 2.10. The molecule has 6 heteroatoms. The molecular formula is C12H16N2O3S. The Morgan fingerprint density at radius 3 is 2.56 bits per heavy atom. The summed E-state index contributed by atoms with van der Waals surface area (Å²) in [5.41, 5.74) is -0.552. The van der Waals surface area contributed by atoms with Gasteiger partial charge in [-0.25, -0.2) is 4.98 Å². The van der Waals surface area contributed by atoms with E-state index in [9.17, 15) is 9.59 Å². The van der Waals surface area contributed by atoms with E-state index in [0.717, 1.165) is 5.01 Å². The lowest BCUT2D eigenvalue weighted by molar-refractivity contribution is -0.153. The molecule has 0 aliphatic heterocycles. The Hall–Kier alpha value is -1.43. The third-order valence-corrected chi connectivity index (χ3v) is 4.43. The fraction of sp³-hybridized carbons (Fsp3) is 0.583. The lowest BCUT2D eigenvalue weighted by Crippen LogP contribution is -2.49. The number of hydrogen-bond acceptors (Lipinski definition) is 4. The minimum atomic E-state index is -0.881. The maximum atomic E-state index is 12.1. The van der Waals surface area contributed by atoms with Gasteiger partial charge in [0.15, 0.2) is 0 Å². The van der Waals surface area contributed by atoms with E-state index in [-0.39, 0.29) is 5.91 Å². The number of aromatic nitrogens is 1. The summed E-state index contributed by atoms with van der Waals surface area (Å²) in [6.07, 6.45) is 2.93. The van der Waals surface area contributed by atoms with Crippen LogP contribution in [-0.2, 0) is 15.1 Å². The molecule has 2 N–H and O–H groups in total. The molecule has 2 rings (SSSR count). The number of nitrogens with one attached hydrogen (secondary N) is 1. The highest BCUT2D eigenvalue weighted by Gasteiger charge is 2.43. The molecule has 5 nitrogen and oxygen atoms in total. The molecule has 1 saturated carbocycles. The van der Waals surface area contributed by atoms with Crippen molar-refractivity contribution in [1.29, 1.82) is 0 Å². The van der Waals surface area contributed by atoms with Crippen molar-refractivity contribution in [3.63, 3.8) is 0 Å². The van der Waals surface area contributed by atoms with Crippen molar-refractivity contribution < 1.29 is 14.7 Å². The first kappa shape index (κ1) is 13.0. The van der Waals surface area contributed by atoms with Crippen LogP contribution in [-0.4, -0.2) is 22.0 Å². The van der Waals surface area contributed by atoms with Crippen LogP contribution < -0.4 is 5.32 Å². The van der Waals surface area contributed by atoms with Crippen LogP contribution in [0.2, 0.25) is 0 Å². The normalized spacial score (nSPS) is 23.2. The zero-order valence-corrected chi connectivity index (χ0v) is 11.2. The van der Waals surface area contributed by atoms with E-state index in [4.69, 9.17) is 5.11 Å². The number of carbonyl (C=O) groups excluding carboxylic acids is 1. The topological polar surface area (TPSA) is 79.3 Å². The van der Waals surface area contributed by atoms with Crippen LogP contribution >= 0.6 is 11.3 Å². The molecule has 1 fully saturated rings. The van der Waals surface area contributed by atoms with Gasteiger partial charge >= 0.3 is 5.97 Å². The van der Waals surface area contributed by atoms with E-state index < -0.39 is 23.3 Å². The molecular weight excluding hydrogens is 252 g/mol. The van der Waals surface area contributed by atoms with E-state index in [0.29, 0.717) is 12.8 Å². The van der Waals surface area contributed by atoms with Crippen LogP contribution in [0.5, 0.6) is 0 Å². The van der Waals surface area contributed by atoms with Crippen molar-refractivity contribution in [2.24, 2.45) is 11.8 Å². The second kappa shape index (κ2) is 4.68. The third kappa shape index (κ3) is 2.38. The van der Waals surface area contributed by atoms with E-state index in [2.05, 4.69) is 10.3 Å². The molecule has 1 heterocycles. The molecule has 1 aliphatic rings. The monoisotopic (exact) mass is 268 g/mol. The Kier molecular flexibility index (Phi) is 3.38. The SMILES string of the molecule is CC(C)(NC(=O)C1CCC1C(=O)O)c1nccs1. The van der Waals surface area contributed by atoms with Gasteiger partial charge in [0, 0.05) is 11.6 Å². The van der Waals surface area contributed by atoms with E-state index in [1.54, 1.807) is 6.20 Å². The molecule has 1 aromatic heterocycles. The van der Waals surface area contributed by atoms with Gasteiger partial charge in [0.1, 0.15) is 5.01 Å². The predicted molar refractivity (Wildman–Crippen MR) is 67.1 cm³/mol. The smallest absolute Gasteiger partial charge is 0.307 e. The molecule has 1 amide bonds. The number of carboxylic acids is 1. The second-order valence-corrected chi connectivity index (χ2v) is 5.97. The molecule has 0 radical (unpaired) electrons. The summed E-state index contributed by atoms with van der Waals surface area (Å²) >= 11 is 1.47. The summed E-state index contributed by atoms with van der Waals surface area (Å²) < 4.78 is 0. The first-order chi connectivity index (χ1) is 8.42. The number of thiazole rings is 1. The zero-order valence-electron chi connectivity index (χ0n) is 10.3. The van der Waals surface area contributed by atoms with Gasteiger partial charge in [-0.1, -0.05) is 0 Å². The summed E-state index contributed by atoms with van der Waals surface area (Å²) in [6.45, 7) is 3.75. The summed E-state index contributed by atoms with van der Waals surface area (Å²) in [5.74, 6) is -2.00. The molecule has 2 unspecified atom stereocenters. The van der Waals surface area contributed by atoms with Crippen molar-refractivity contribution in [2.45, 2.75) is 32.2 Å². The number of carboxylic acid groups (broad SMARTS) is 1. The van der Waals surface area contributed by atoms with Gasteiger partial charge in [0.05, 0.1) is 17.4 Å². The Labute approximate surface area is 109 Å². The first-order valence-electron chi connectivity index (χ1n) is 5.86. The van der Waals surface area contributed by atoms with Gasteiger partial charge in [0.25, 0.3) is 0 Å². The Balaban J connectivity index is 2.02. The molecule has 0 bridgehead atoms. The summed E-state index contributed by atoms with van der Waals surface area (Å²) in [4.78, 5) is 27.1. The lowest BCUT2D eigenvalue weighted by Gasteiger charge is -2.35. The van der Waals surface area contributed by atoms with Crippen molar-refractivity contribution in [1.82, 2.24) is 10.3 Å². The number of rotatable bonds is 4. The van der Waals surface area contributed by atoms with Gasteiger partial charge in [-0.2, -0.15) is 0 Å². The maximum absolute atomic E-state index is 12.1. The number of amides is 1. The van der Waals surface area contributed by atoms with E-state index in [1.807, 2.05) is 19.2 Å². The number of aliphatic carboxylic acids is 1. The average molecular weight is 268 g/mol. The third-order valence-electron chi connectivity index (χ3n) is 3.33. The quantitative estimate of drug-likeness (QED) is 0.869. The molecule has 1 aliphatic carbocycles. The maximum Gasteiger partial charge on any atom is 0.307 e. The first-order valence-corrected chi connectivity index (χ1v) is 6.74. The molecule has 2 atom stereocenters. The molecule has 0 aromatic carbocycles. The van der Waals surface area contributed by atoms with Crippen LogP contribution in [0, 0.1) is 11.8 Å². The Morgan fingerprint density at radius 2 is 2.11 bits per heavy atom. The van der Waals surface area contributed by atoms with Gasteiger partial charge in [-0.05, 0) is 26.7 Å². The van der Waals surface area contributed by atoms with E-state index >= 15 is 0 Å². The van der Waals surface area contributed by atoms with E-state index in [1.165, 1.54) is 11.3 Å². The van der Waals surface area contributed by atoms with Crippen LogP contribution in [0.4, 0.5) is 0 Å². The molecule has 1 aromatic rings. The zero-order chi connectivity index (χ0) is 13.3. The van der Waals surface area contributed by atoms with Gasteiger partial charge < -0.3 is 10.4 Å². The average Bonchev–Trinajstić information content (AvgIpc) is 2.65. The standard InChI is InChI=1S/C12H16N2O3S/c1-12(2,11-13-5-6-18-11)14-9(15)7-3-4-8(7)10(16)17/h5-8H,3-4H2,1-2H3,(H,14,15)(H,16,17). The summed E-state index contributed by atoms with van der Waals surface area (Å²) in [6, 6.07) is 0. The predicted octanol–water partition coefficient (Wildman–Crippen LogP) is 1.61. The number of hydrogen-bond donors (Lipinski definition) is 2. The number of nitrogens with zero attached hydrogens (tertiary/aromatic N) is 1. The highest BCUT2D eigenvalue weighted by molar-refractivity contribution is 7.09. The second-order valence-electron chi connectivity index (χ2n) is 5.08. The highest BCUT2D eigenvalue weighted by Crippen LogP contribution is 2.35. The Bertz CT molecular complexity index is 456. The molecule has 0 saturated heterocycles. The highest BCUT2D eigenvalue weighted by atomic mass is 32.1. The minimum absolute atomic E-state index is 0.186. The van der Waals surface area contributed by atoms with Crippen molar-refractivity contribution >= 4 is 23.2 Å². The Morgan fingerprint density at radius 1 is 1.44 bits per heavy atom. The van der Waals surface area contributed by atoms with Crippen LogP contribution in [0.25, 0.3) is 0 Å². The van der Waals surface area contributed by atoms with Gasteiger partial charge in [-0.15, -0.1) is 11.3 Å². The van der Waals surface area contributed by atoms with Crippen LogP contribution in [0.1, 0.15) is 31.7 Å². The van der Waals surface area contributed by atoms with Crippen molar-refractivity contribution in [2.75, 3.05) is 0 Å². The van der Waals surface area contributed by atoms with Crippen molar-refractivity contribution in [3.8, 4) is 0 Å². The molecule has 18 heavy (non-hydrogen) atoms. The van der Waals surface area contributed by atoms with Crippen molar-refractivity contribution in [3.05, 3.63) is 16.6 Å². The summed E-state index contributed by atoms with van der Waals surface area (Å²) in [5, 5.41) is 14.5. The number of carbonyl (C=O) groups is 2. The van der Waals surface area contributed by atoms with Crippen LogP contribution in [0.3, 0.4) is 0 Å². The summed E-state index contributed by atoms with van der Waals surface area (Å²) in [7, 11) is 0. The lowest BCUT2D eigenvalue weighted by atomic mass is 9.73. The molecule has 0 spiro atoms. The minimum Gasteiger partial charge on any atom is -0.481 e. The van der Waals surface area contributed by atoms with Gasteiger partial charge in [-0.3, -0.25) is 9.59 Å². The largest absolute Gasteiger partial charge is 0.481 e. The van der Waals surface area contributed by atoms with Crippen LogP contribution in [0.15, 0.2) is 11.6 Å². The fourth-order valence-corrected chi connectivity index (χ4v) is 2.81.